The number of rotatable bonds is 5. The van der Waals surface area contributed by atoms with Gasteiger partial charge in [-0.1, -0.05) is 48.0 Å². The van der Waals surface area contributed by atoms with Gasteiger partial charge < -0.3 is 0 Å². The van der Waals surface area contributed by atoms with Crippen molar-refractivity contribution in [2.45, 2.75) is 48.4 Å². The number of benzene rings is 2. The maximum atomic E-state index is 13.4. The van der Waals surface area contributed by atoms with Crippen LogP contribution in [0.5, 0.6) is 0 Å². The Kier molecular flexibility index (Phi) is 6.02. The number of hydrogen-bond acceptors (Lipinski definition) is 5. The van der Waals surface area contributed by atoms with Gasteiger partial charge in [-0.3, -0.25) is 19.1 Å². The van der Waals surface area contributed by atoms with Crippen LogP contribution in [0.4, 0.5) is 0 Å². The number of hydrogen-bond donors (Lipinski definition) is 0. The first-order valence-corrected chi connectivity index (χ1v) is 12.2. The van der Waals surface area contributed by atoms with Gasteiger partial charge >= 0.3 is 0 Å². The lowest BCUT2D eigenvalue weighted by Gasteiger charge is -2.22. The second-order valence-corrected chi connectivity index (χ2v) is 9.80. The summed E-state index contributed by atoms with van der Waals surface area (Å²) in [4.78, 5) is 27.9. The third kappa shape index (κ3) is 4.32. The molecule has 0 radical (unpaired) electrons. The molecule has 164 valence electrons. The molecule has 1 aliphatic carbocycles. The van der Waals surface area contributed by atoms with Crippen molar-refractivity contribution < 1.29 is 9.59 Å². The summed E-state index contributed by atoms with van der Waals surface area (Å²) in [5.41, 5.74) is 1.47. The van der Waals surface area contributed by atoms with Crippen molar-refractivity contribution in [1.29, 1.82) is 0 Å². The molecule has 2 aliphatic rings. The molecule has 32 heavy (non-hydrogen) atoms. The molecule has 2 heterocycles. The smallest absolute Gasteiger partial charge is 0.260 e. The summed E-state index contributed by atoms with van der Waals surface area (Å²) in [7, 11) is 0. The number of para-hydroxylation sites is 1. The maximum Gasteiger partial charge on any atom is 0.260 e. The maximum absolute atomic E-state index is 13.4. The summed E-state index contributed by atoms with van der Waals surface area (Å²) in [5, 5.41) is 9.81. The molecule has 3 aromatic rings. The Labute approximate surface area is 196 Å². The van der Waals surface area contributed by atoms with Crippen LogP contribution in [0.2, 0.25) is 5.02 Å². The van der Waals surface area contributed by atoms with Gasteiger partial charge in [-0.25, -0.2) is 0 Å². The molecule has 0 bridgehead atoms. The van der Waals surface area contributed by atoms with Gasteiger partial charge in [-0.15, -0.1) is 10.2 Å². The van der Waals surface area contributed by atoms with E-state index in [1.165, 1.54) is 16.7 Å². The number of nitrogens with zero attached hydrogens (tertiary/aromatic N) is 4. The molecule has 2 aromatic carbocycles. The zero-order valence-electron chi connectivity index (χ0n) is 17.5. The van der Waals surface area contributed by atoms with Crippen LogP contribution in [0.3, 0.4) is 0 Å². The van der Waals surface area contributed by atoms with Crippen molar-refractivity contribution in [3.8, 4) is 5.69 Å². The van der Waals surface area contributed by atoms with E-state index in [2.05, 4.69) is 14.8 Å². The molecule has 1 unspecified atom stereocenters. The first-order valence-electron chi connectivity index (χ1n) is 10.9. The second-order valence-electron chi connectivity index (χ2n) is 8.19. The molecule has 2 fully saturated rings. The van der Waals surface area contributed by atoms with Gasteiger partial charge in [-0.05, 0) is 62.1 Å². The Morgan fingerprint density at radius 1 is 0.969 bits per heavy atom. The predicted molar refractivity (Wildman–Crippen MR) is 124 cm³/mol. The van der Waals surface area contributed by atoms with Crippen molar-refractivity contribution >= 4 is 35.2 Å². The summed E-state index contributed by atoms with van der Waals surface area (Å²) in [6.45, 7) is 0.427. The number of likely N-dealkylation sites (tertiary alicyclic amines) is 1. The monoisotopic (exact) mass is 466 g/mol. The SMILES string of the molecule is O=C(c1ccc(Cl)cc1)N1CCCCC(Sc2nnc(C3CC3)n2-c2ccccc2)C1=O. The molecule has 0 N–H and O–H groups in total. The number of halogens is 1. The van der Waals surface area contributed by atoms with Gasteiger partial charge in [-0.2, -0.15) is 0 Å². The van der Waals surface area contributed by atoms with Crippen LogP contribution in [0.15, 0.2) is 59.8 Å². The normalized spacial score (nSPS) is 19.1. The first kappa shape index (κ1) is 21.2. The average Bonchev–Trinajstić information content (AvgIpc) is 3.60. The highest BCUT2D eigenvalue weighted by Gasteiger charge is 2.35. The summed E-state index contributed by atoms with van der Waals surface area (Å²) in [6, 6.07) is 16.7. The number of carbonyl (C=O) groups is 2. The Morgan fingerprint density at radius 2 is 1.72 bits per heavy atom. The van der Waals surface area contributed by atoms with Gasteiger partial charge in [0.15, 0.2) is 5.16 Å². The number of carbonyl (C=O) groups excluding carboxylic acids is 2. The second kappa shape index (κ2) is 9.08. The van der Waals surface area contributed by atoms with E-state index >= 15 is 0 Å². The molecular weight excluding hydrogens is 444 g/mol. The molecule has 1 atom stereocenters. The fraction of sp³-hybridized carbons (Fsp3) is 0.333. The molecule has 6 nitrogen and oxygen atoms in total. The average molecular weight is 467 g/mol. The number of imide groups is 1. The van der Waals surface area contributed by atoms with E-state index in [1.54, 1.807) is 24.3 Å². The summed E-state index contributed by atoms with van der Waals surface area (Å²) < 4.78 is 2.08. The van der Waals surface area contributed by atoms with Crippen molar-refractivity contribution in [3.05, 3.63) is 71.0 Å². The van der Waals surface area contributed by atoms with Gasteiger partial charge in [0.2, 0.25) is 5.91 Å². The Bertz CT molecular complexity index is 1130. The van der Waals surface area contributed by atoms with Crippen LogP contribution in [0, 0.1) is 0 Å². The van der Waals surface area contributed by atoms with Gasteiger partial charge in [0, 0.05) is 28.7 Å². The molecule has 8 heteroatoms. The fourth-order valence-electron chi connectivity index (χ4n) is 3.98. The van der Waals surface area contributed by atoms with Crippen LogP contribution < -0.4 is 0 Å². The Balaban J connectivity index is 1.42. The molecular formula is C24H23ClN4O2S. The van der Waals surface area contributed by atoms with E-state index in [4.69, 9.17) is 11.6 Å². The van der Waals surface area contributed by atoms with Crippen LogP contribution in [0.25, 0.3) is 5.69 Å². The molecule has 1 aromatic heterocycles. The fourth-order valence-corrected chi connectivity index (χ4v) is 5.26. The molecule has 1 saturated heterocycles. The van der Waals surface area contributed by atoms with E-state index in [0.717, 1.165) is 37.2 Å². The highest BCUT2D eigenvalue weighted by molar-refractivity contribution is 8.00. The van der Waals surface area contributed by atoms with Gasteiger partial charge in [0.25, 0.3) is 5.91 Å². The summed E-state index contributed by atoms with van der Waals surface area (Å²) >= 11 is 7.37. The Hall–Kier alpha value is -2.64. The van der Waals surface area contributed by atoms with Crippen LogP contribution in [-0.4, -0.2) is 43.3 Å². The molecule has 0 spiro atoms. The quantitative estimate of drug-likeness (QED) is 0.488. The lowest BCUT2D eigenvalue weighted by atomic mass is 10.2. The molecule has 1 aliphatic heterocycles. The summed E-state index contributed by atoms with van der Waals surface area (Å²) in [6.07, 6.45) is 4.60. The molecule has 1 saturated carbocycles. The first-order chi connectivity index (χ1) is 15.6. The van der Waals surface area contributed by atoms with Gasteiger partial charge in [0.05, 0.1) is 5.25 Å². The lowest BCUT2D eigenvalue weighted by molar-refractivity contribution is -0.127. The third-order valence-corrected chi connectivity index (χ3v) is 7.29. The van der Waals surface area contributed by atoms with Crippen LogP contribution in [0.1, 0.15) is 54.2 Å². The standard InChI is InChI=1S/C24H23ClN4O2S/c25-18-13-11-17(12-14-18)22(30)28-15-5-4-8-20(23(28)31)32-24-27-26-21(16-9-10-16)29(24)19-6-2-1-3-7-19/h1-3,6-7,11-14,16,20H,4-5,8-10,15H2. The third-order valence-electron chi connectivity index (χ3n) is 5.84. The summed E-state index contributed by atoms with van der Waals surface area (Å²) in [5.74, 6) is 0.934. The van der Waals surface area contributed by atoms with Crippen molar-refractivity contribution in [3.63, 3.8) is 0 Å². The highest BCUT2D eigenvalue weighted by atomic mass is 35.5. The highest BCUT2D eigenvalue weighted by Crippen LogP contribution is 2.42. The van der Waals surface area contributed by atoms with Crippen LogP contribution >= 0.6 is 23.4 Å². The predicted octanol–water partition coefficient (Wildman–Crippen LogP) is 5.11. The van der Waals surface area contributed by atoms with E-state index in [9.17, 15) is 9.59 Å². The topological polar surface area (TPSA) is 68.1 Å². The molecule has 5 rings (SSSR count). The van der Waals surface area contributed by atoms with E-state index in [0.29, 0.717) is 34.6 Å². The zero-order valence-corrected chi connectivity index (χ0v) is 19.1. The van der Waals surface area contributed by atoms with Gasteiger partial charge in [0.1, 0.15) is 5.82 Å². The minimum Gasteiger partial charge on any atom is -0.278 e. The zero-order chi connectivity index (χ0) is 22.1. The minimum atomic E-state index is -0.382. The number of amides is 2. The van der Waals surface area contributed by atoms with Crippen molar-refractivity contribution in [2.24, 2.45) is 0 Å². The minimum absolute atomic E-state index is 0.164. The van der Waals surface area contributed by atoms with E-state index < -0.39 is 0 Å². The lowest BCUT2D eigenvalue weighted by Crippen LogP contribution is -2.41. The van der Waals surface area contributed by atoms with Crippen LogP contribution in [-0.2, 0) is 4.79 Å². The number of aromatic nitrogens is 3. The largest absolute Gasteiger partial charge is 0.278 e. The molecule has 2 amide bonds. The number of thioether (sulfide) groups is 1. The van der Waals surface area contributed by atoms with E-state index in [1.807, 2.05) is 30.3 Å². The van der Waals surface area contributed by atoms with E-state index in [-0.39, 0.29) is 17.1 Å². The van der Waals surface area contributed by atoms with Crippen molar-refractivity contribution in [1.82, 2.24) is 19.7 Å². The van der Waals surface area contributed by atoms with Crippen molar-refractivity contribution in [2.75, 3.05) is 6.54 Å². The Morgan fingerprint density at radius 3 is 2.44 bits per heavy atom.